The number of carbonyl (C=O) groups is 1. The van der Waals surface area contributed by atoms with Gasteiger partial charge in [-0.1, -0.05) is 15.9 Å². The Kier molecular flexibility index (Phi) is 7.11. The molecule has 0 unspecified atom stereocenters. The summed E-state index contributed by atoms with van der Waals surface area (Å²) in [6, 6.07) is 6.91. The predicted octanol–water partition coefficient (Wildman–Crippen LogP) is 5.14. The molecular weight excluding hydrogens is 468 g/mol. The SMILES string of the molecule is COc1cc(Br)c(C=CC(=O)c2cc(OC)c(OC)cc2Br)cc1OC. The molecule has 0 aliphatic heterocycles. The Hall–Kier alpha value is -1.99. The highest BCUT2D eigenvalue weighted by molar-refractivity contribution is 9.10. The Morgan fingerprint density at radius 3 is 1.77 bits per heavy atom. The van der Waals surface area contributed by atoms with Gasteiger partial charge in [-0.25, -0.2) is 0 Å². The lowest BCUT2D eigenvalue weighted by atomic mass is 10.1. The Labute approximate surface area is 169 Å². The Morgan fingerprint density at radius 2 is 1.23 bits per heavy atom. The molecular formula is C19H18Br2O5. The number of rotatable bonds is 7. The van der Waals surface area contributed by atoms with Crippen LogP contribution in [0.4, 0.5) is 0 Å². The second-order valence-corrected chi connectivity index (χ2v) is 6.82. The predicted molar refractivity (Wildman–Crippen MR) is 108 cm³/mol. The molecule has 5 nitrogen and oxygen atoms in total. The lowest BCUT2D eigenvalue weighted by molar-refractivity contribution is 0.104. The van der Waals surface area contributed by atoms with E-state index >= 15 is 0 Å². The van der Waals surface area contributed by atoms with Gasteiger partial charge in [-0.2, -0.15) is 0 Å². The third-order valence-corrected chi connectivity index (χ3v) is 5.00. The third-order valence-electron chi connectivity index (χ3n) is 3.66. The van der Waals surface area contributed by atoms with Gasteiger partial charge in [0.25, 0.3) is 0 Å². The summed E-state index contributed by atoms with van der Waals surface area (Å²) in [7, 11) is 6.19. The zero-order valence-electron chi connectivity index (χ0n) is 14.8. The molecule has 2 aromatic rings. The second kappa shape index (κ2) is 9.09. The van der Waals surface area contributed by atoms with Gasteiger partial charge in [0.15, 0.2) is 28.8 Å². The fourth-order valence-electron chi connectivity index (χ4n) is 2.30. The van der Waals surface area contributed by atoms with E-state index in [1.54, 1.807) is 51.7 Å². The molecule has 0 bridgehead atoms. The summed E-state index contributed by atoms with van der Waals surface area (Å²) >= 11 is 6.87. The van der Waals surface area contributed by atoms with Crippen LogP contribution in [-0.2, 0) is 0 Å². The van der Waals surface area contributed by atoms with Crippen molar-refractivity contribution in [3.05, 3.63) is 50.4 Å². The minimum Gasteiger partial charge on any atom is -0.493 e. The highest BCUT2D eigenvalue weighted by Gasteiger charge is 2.14. The fourth-order valence-corrected chi connectivity index (χ4v) is 3.27. The van der Waals surface area contributed by atoms with Crippen molar-refractivity contribution in [1.82, 2.24) is 0 Å². The van der Waals surface area contributed by atoms with Gasteiger partial charge < -0.3 is 18.9 Å². The summed E-state index contributed by atoms with van der Waals surface area (Å²) in [6.45, 7) is 0. The topological polar surface area (TPSA) is 54.0 Å². The molecule has 2 aromatic carbocycles. The molecule has 0 radical (unpaired) electrons. The summed E-state index contributed by atoms with van der Waals surface area (Å²) in [5, 5.41) is 0. The molecule has 0 aromatic heterocycles. The molecule has 0 atom stereocenters. The minimum absolute atomic E-state index is 0.181. The molecule has 0 N–H and O–H groups in total. The minimum atomic E-state index is -0.181. The number of benzene rings is 2. The van der Waals surface area contributed by atoms with Crippen molar-refractivity contribution in [2.75, 3.05) is 28.4 Å². The highest BCUT2D eigenvalue weighted by atomic mass is 79.9. The lowest BCUT2D eigenvalue weighted by Gasteiger charge is -2.11. The molecule has 0 fully saturated rings. The average molecular weight is 486 g/mol. The number of hydrogen-bond donors (Lipinski definition) is 0. The zero-order chi connectivity index (χ0) is 19.3. The van der Waals surface area contributed by atoms with Crippen LogP contribution in [0, 0.1) is 0 Å². The summed E-state index contributed by atoms with van der Waals surface area (Å²) in [4.78, 5) is 12.6. The monoisotopic (exact) mass is 484 g/mol. The van der Waals surface area contributed by atoms with Crippen molar-refractivity contribution in [1.29, 1.82) is 0 Å². The van der Waals surface area contributed by atoms with E-state index in [0.717, 1.165) is 10.0 Å². The maximum absolute atomic E-state index is 12.6. The summed E-state index contributed by atoms with van der Waals surface area (Å²) < 4.78 is 22.4. The third kappa shape index (κ3) is 4.40. The van der Waals surface area contributed by atoms with Crippen molar-refractivity contribution >= 4 is 43.7 Å². The summed E-state index contributed by atoms with van der Waals surface area (Å²) in [5.74, 6) is 2.03. The number of carbonyl (C=O) groups excluding carboxylic acids is 1. The number of hydrogen-bond acceptors (Lipinski definition) is 5. The largest absolute Gasteiger partial charge is 0.493 e. The molecule has 0 aliphatic carbocycles. The lowest BCUT2D eigenvalue weighted by Crippen LogP contribution is -1.99. The van der Waals surface area contributed by atoms with Crippen LogP contribution in [0.1, 0.15) is 15.9 Å². The molecule has 0 heterocycles. The average Bonchev–Trinajstić information content (AvgIpc) is 2.65. The van der Waals surface area contributed by atoms with Gasteiger partial charge in [0.2, 0.25) is 0 Å². The van der Waals surface area contributed by atoms with Crippen LogP contribution in [-0.4, -0.2) is 34.2 Å². The number of allylic oxidation sites excluding steroid dienone is 1. The zero-order valence-corrected chi connectivity index (χ0v) is 17.9. The first kappa shape index (κ1) is 20.3. The van der Waals surface area contributed by atoms with Crippen LogP contribution in [0.15, 0.2) is 39.3 Å². The molecule has 0 amide bonds. The smallest absolute Gasteiger partial charge is 0.187 e. The summed E-state index contributed by atoms with van der Waals surface area (Å²) in [6.07, 6.45) is 3.19. The normalized spacial score (nSPS) is 10.7. The fraction of sp³-hybridized carbons (Fsp3) is 0.211. The Bertz CT molecular complexity index is 846. The van der Waals surface area contributed by atoms with Gasteiger partial charge in [-0.3, -0.25) is 4.79 Å². The van der Waals surface area contributed by atoms with Crippen molar-refractivity contribution in [3.63, 3.8) is 0 Å². The molecule has 0 saturated carbocycles. The molecule has 0 aliphatic rings. The molecule has 2 rings (SSSR count). The first-order chi connectivity index (χ1) is 12.4. The van der Waals surface area contributed by atoms with Crippen LogP contribution in [0.5, 0.6) is 23.0 Å². The van der Waals surface area contributed by atoms with E-state index in [0.29, 0.717) is 33.0 Å². The van der Waals surface area contributed by atoms with Gasteiger partial charge in [0.05, 0.1) is 28.4 Å². The molecule has 0 spiro atoms. The van der Waals surface area contributed by atoms with Crippen molar-refractivity contribution < 1.29 is 23.7 Å². The molecule has 138 valence electrons. The van der Waals surface area contributed by atoms with Crippen molar-refractivity contribution in [3.8, 4) is 23.0 Å². The highest BCUT2D eigenvalue weighted by Crippen LogP contribution is 2.35. The van der Waals surface area contributed by atoms with E-state index in [9.17, 15) is 4.79 Å². The van der Waals surface area contributed by atoms with Gasteiger partial charge in [0, 0.05) is 14.5 Å². The van der Waals surface area contributed by atoms with Crippen LogP contribution in [0.2, 0.25) is 0 Å². The van der Waals surface area contributed by atoms with E-state index in [4.69, 9.17) is 18.9 Å². The van der Waals surface area contributed by atoms with E-state index in [-0.39, 0.29) is 5.78 Å². The first-order valence-corrected chi connectivity index (χ1v) is 9.09. The van der Waals surface area contributed by atoms with Gasteiger partial charge in [-0.05, 0) is 57.9 Å². The van der Waals surface area contributed by atoms with Gasteiger partial charge in [0.1, 0.15) is 0 Å². The van der Waals surface area contributed by atoms with E-state index in [2.05, 4.69) is 31.9 Å². The van der Waals surface area contributed by atoms with Crippen LogP contribution >= 0.6 is 31.9 Å². The van der Waals surface area contributed by atoms with Crippen molar-refractivity contribution in [2.45, 2.75) is 0 Å². The Balaban J connectivity index is 2.36. The van der Waals surface area contributed by atoms with Crippen LogP contribution in [0.3, 0.4) is 0 Å². The summed E-state index contributed by atoms with van der Waals surface area (Å²) in [5.41, 5.74) is 1.25. The molecule has 7 heteroatoms. The van der Waals surface area contributed by atoms with Crippen LogP contribution in [0.25, 0.3) is 6.08 Å². The number of ether oxygens (including phenoxy) is 4. The van der Waals surface area contributed by atoms with Crippen LogP contribution < -0.4 is 18.9 Å². The van der Waals surface area contributed by atoms with E-state index < -0.39 is 0 Å². The van der Waals surface area contributed by atoms with E-state index in [1.807, 2.05) is 0 Å². The molecule has 26 heavy (non-hydrogen) atoms. The van der Waals surface area contributed by atoms with Gasteiger partial charge in [-0.15, -0.1) is 0 Å². The Morgan fingerprint density at radius 1 is 0.769 bits per heavy atom. The number of halogens is 2. The first-order valence-electron chi connectivity index (χ1n) is 7.50. The van der Waals surface area contributed by atoms with Crippen molar-refractivity contribution in [2.24, 2.45) is 0 Å². The molecule has 0 saturated heterocycles. The standard InChI is InChI=1S/C19H18Br2O5/c1-23-16-7-11(13(20)9-18(16)25-3)5-6-15(22)12-8-17(24-2)19(26-4)10-14(12)21/h5-10H,1-4H3. The van der Waals surface area contributed by atoms with Gasteiger partial charge >= 0.3 is 0 Å². The maximum Gasteiger partial charge on any atom is 0.187 e. The van der Waals surface area contributed by atoms with E-state index in [1.165, 1.54) is 13.2 Å². The number of ketones is 1. The second-order valence-electron chi connectivity index (χ2n) is 5.11. The number of methoxy groups -OCH3 is 4. The quantitative estimate of drug-likeness (QED) is 0.401. The maximum atomic E-state index is 12.6.